The van der Waals surface area contributed by atoms with Gasteiger partial charge in [-0.15, -0.1) is 11.3 Å². The predicted octanol–water partition coefficient (Wildman–Crippen LogP) is 2.07. The standard InChI is InChI=1S/C14H19N5OS/c1-10(13(20)17-14-15-6-8-21-14)19-7-2-3-11(9-19)12-4-5-16-18-12/h4-6,8,10-11H,2-3,7,9H2,1H3,(H,16,18)(H,15,17,20)/t10-,11+/m0/s1. The molecule has 2 aromatic rings. The van der Waals surface area contributed by atoms with Gasteiger partial charge in [-0.05, 0) is 32.4 Å². The number of nitrogens with zero attached hydrogens (tertiary/aromatic N) is 3. The summed E-state index contributed by atoms with van der Waals surface area (Å²) >= 11 is 1.44. The fourth-order valence-corrected chi connectivity index (χ4v) is 3.30. The van der Waals surface area contributed by atoms with Crippen molar-refractivity contribution in [2.75, 3.05) is 18.4 Å². The van der Waals surface area contributed by atoms with Crippen LogP contribution in [0.4, 0.5) is 5.13 Å². The van der Waals surface area contributed by atoms with E-state index in [0.717, 1.165) is 31.6 Å². The fraction of sp³-hybridized carbons (Fsp3) is 0.500. The van der Waals surface area contributed by atoms with E-state index in [1.807, 2.05) is 18.4 Å². The third-order valence-corrected chi connectivity index (χ3v) is 4.69. The summed E-state index contributed by atoms with van der Waals surface area (Å²) < 4.78 is 0. The van der Waals surface area contributed by atoms with Crippen LogP contribution in [0, 0.1) is 0 Å². The lowest BCUT2D eigenvalue weighted by Gasteiger charge is -2.35. The highest BCUT2D eigenvalue weighted by Crippen LogP contribution is 2.26. The molecule has 112 valence electrons. The molecule has 21 heavy (non-hydrogen) atoms. The maximum Gasteiger partial charge on any atom is 0.243 e. The molecule has 2 atom stereocenters. The smallest absolute Gasteiger partial charge is 0.243 e. The first-order valence-electron chi connectivity index (χ1n) is 7.17. The second kappa shape index (κ2) is 6.36. The van der Waals surface area contributed by atoms with Gasteiger partial charge in [0.2, 0.25) is 5.91 Å². The molecule has 0 spiro atoms. The van der Waals surface area contributed by atoms with Gasteiger partial charge in [-0.2, -0.15) is 5.10 Å². The molecule has 1 amide bonds. The minimum Gasteiger partial charge on any atom is -0.301 e. The Morgan fingerprint density at radius 1 is 1.57 bits per heavy atom. The third-order valence-electron chi connectivity index (χ3n) is 4.00. The van der Waals surface area contributed by atoms with E-state index in [1.54, 1.807) is 12.4 Å². The zero-order chi connectivity index (χ0) is 14.7. The molecular weight excluding hydrogens is 286 g/mol. The van der Waals surface area contributed by atoms with E-state index in [2.05, 4.69) is 25.4 Å². The molecule has 2 aromatic heterocycles. The van der Waals surface area contributed by atoms with Gasteiger partial charge in [-0.3, -0.25) is 14.8 Å². The van der Waals surface area contributed by atoms with Gasteiger partial charge in [-0.25, -0.2) is 4.98 Å². The minimum atomic E-state index is -0.153. The Morgan fingerprint density at radius 2 is 2.48 bits per heavy atom. The number of hydrogen-bond donors (Lipinski definition) is 2. The highest BCUT2D eigenvalue weighted by molar-refractivity contribution is 7.13. The zero-order valence-corrected chi connectivity index (χ0v) is 12.8. The lowest BCUT2D eigenvalue weighted by molar-refractivity contribution is -0.121. The summed E-state index contributed by atoms with van der Waals surface area (Å²) in [6.45, 7) is 3.80. The molecule has 0 aromatic carbocycles. The predicted molar refractivity (Wildman–Crippen MR) is 82.3 cm³/mol. The SMILES string of the molecule is C[C@@H](C(=O)Nc1nccs1)N1CCC[C@@H](c2ccn[nH]2)C1. The molecule has 6 nitrogen and oxygen atoms in total. The first kappa shape index (κ1) is 14.2. The highest BCUT2D eigenvalue weighted by Gasteiger charge is 2.28. The van der Waals surface area contributed by atoms with Gasteiger partial charge in [0, 0.05) is 35.9 Å². The first-order valence-corrected chi connectivity index (χ1v) is 8.05. The van der Waals surface area contributed by atoms with Crippen LogP contribution >= 0.6 is 11.3 Å². The number of likely N-dealkylation sites (tertiary alicyclic amines) is 1. The average Bonchev–Trinajstić information content (AvgIpc) is 3.20. The molecule has 0 bridgehead atoms. The lowest BCUT2D eigenvalue weighted by Crippen LogP contribution is -2.46. The van der Waals surface area contributed by atoms with Crippen molar-refractivity contribution in [2.45, 2.75) is 31.7 Å². The van der Waals surface area contributed by atoms with Crippen molar-refractivity contribution < 1.29 is 4.79 Å². The maximum atomic E-state index is 12.3. The number of amides is 1. The number of piperidine rings is 1. The van der Waals surface area contributed by atoms with E-state index in [4.69, 9.17) is 0 Å². The average molecular weight is 305 g/mol. The summed E-state index contributed by atoms with van der Waals surface area (Å²) in [5.41, 5.74) is 1.16. The quantitative estimate of drug-likeness (QED) is 0.907. The van der Waals surface area contributed by atoms with E-state index in [0.29, 0.717) is 11.0 Å². The molecule has 7 heteroatoms. The summed E-state index contributed by atoms with van der Waals surface area (Å²) in [5, 5.41) is 12.5. The number of anilines is 1. The van der Waals surface area contributed by atoms with Crippen molar-refractivity contribution in [1.29, 1.82) is 0 Å². The van der Waals surface area contributed by atoms with Gasteiger partial charge < -0.3 is 5.32 Å². The molecule has 1 aliphatic rings. The van der Waals surface area contributed by atoms with Gasteiger partial charge in [0.05, 0.1) is 6.04 Å². The van der Waals surface area contributed by atoms with E-state index in [1.165, 1.54) is 11.3 Å². The summed E-state index contributed by atoms with van der Waals surface area (Å²) in [6, 6.07) is 1.87. The second-order valence-corrected chi connectivity index (χ2v) is 6.24. The molecule has 3 rings (SSSR count). The Hall–Kier alpha value is -1.73. The molecule has 1 saturated heterocycles. The largest absolute Gasteiger partial charge is 0.301 e. The van der Waals surface area contributed by atoms with Crippen molar-refractivity contribution in [3.8, 4) is 0 Å². The van der Waals surface area contributed by atoms with Crippen LogP contribution in [0.5, 0.6) is 0 Å². The number of carbonyl (C=O) groups is 1. The van der Waals surface area contributed by atoms with Gasteiger partial charge in [0.1, 0.15) is 0 Å². The van der Waals surface area contributed by atoms with Crippen LogP contribution in [-0.4, -0.2) is 45.1 Å². The number of H-pyrrole nitrogens is 1. The molecule has 0 radical (unpaired) electrons. The number of carbonyl (C=O) groups excluding carboxylic acids is 1. The Balaban J connectivity index is 1.61. The lowest BCUT2D eigenvalue weighted by atomic mass is 9.94. The molecule has 3 heterocycles. The van der Waals surface area contributed by atoms with Crippen LogP contribution in [0.2, 0.25) is 0 Å². The Morgan fingerprint density at radius 3 is 3.19 bits per heavy atom. The summed E-state index contributed by atoms with van der Waals surface area (Å²) in [4.78, 5) is 18.6. The second-order valence-electron chi connectivity index (χ2n) is 5.35. The van der Waals surface area contributed by atoms with Gasteiger partial charge in [0.25, 0.3) is 0 Å². The molecule has 0 aliphatic carbocycles. The minimum absolute atomic E-state index is 0.00945. The van der Waals surface area contributed by atoms with Crippen molar-refractivity contribution in [1.82, 2.24) is 20.1 Å². The van der Waals surface area contributed by atoms with Gasteiger partial charge >= 0.3 is 0 Å². The Bertz CT molecular complexity index is 568. The van der Waals surface area contributed by atoms with Crippen molar-refractivity contribution in [3.63, 3.8) is 0 Å². The van der Waals surface area contributed by atoms with Crippen LogP contribution in [0.1, 0.15) is 31.4 Å². The summed E-state index contributed by atoms with van der Waals surface area (Å²) in [7, 11) is 0. The van der Waals surface area contributed by atoms with Gasteiger partial charge in [0.15, 0.2) is 5.13 Å². The molecule has 1 aliphatic heterocycles. The van der Waals surface area contributed by atoms with Crippen LogP contribution in [0.15, 0.2) is 23.8 Å². The number of aromatic amines is 1. The monoisotopic (exact) mass is 305 g/mol. The summed E-state index contributed by atoms with van der Waals surface area (Å²) in [6.07, 6.45) is 5.71. The molecular formula is C14H19N5OS. The van der Waals surface area contributed by atoms with Crippen molar-refractivity contribution in [2.24, 2.45) is 0 Å². The van der Waals surface area contributed by atoms with Crippen LogP contribution in [-0.2, 0) is 4.79 Å². The Labute approximate surface area is 127 Å². The first-order chi connectivity index (χ1) is 10.2. The zero-order valence-electron chi connectivity index (χ0n) is 12.0. The van der Waals surface area contributed by atoms with E-state index < -0.39 is 0 Å². The van der Waals surface area contributed by atoms with E-state index >= 15 is 0 Å². The van der Waals surface area contributed by atoms with Crippen LogP contribution in [0.25, 0.3) is 0 Å². The fourth-order valence-electron chi connectivity index (χ4n) is 2.77. The van der Waals surface area contributed by atoms with E-state index in [9.17, 15) is 4.79 Å². The van der Waals surface area contributed by atoms with Crippen molar-refractivity contribution >= 4 is 22.4 Å². The van der Waals surface area contributed by atoms with Crippen LogP contribution < -0.4 is 5.32 Å². The van der Waals surface area contributed by atoms with Gasteiger partial charge in [-0.1, -0.05) is 0 Å². The van der Waals surface area contributed by atoms with Crippen LogP contribution in [0.3, 0.4) is 0 Å². The maximum absolute atomic E-state index is 12.3. The Kier molecular flexibility index (Phi) is 4.31. The topological polar surface area (TPSA) is 73.9 Å². The number of thiazole rings is 1. The molecule has 1 fully saturated rings. The number of rotatable bonds is 4. The molecule has 2 N–H and O–H groups in total. The number of hydrogen-bond acceptors (Lipinski definition) is 5. The van der Waals surface area contributed by atoms with Crippen molar-refractivity contribution in [3.05, 3.63) is 29.5 Å². The normalized spacial score (nSPS) is 21.1. The summed E-state index contributed by atoms with van der Waals surface area (Å²) in [5.74, 6) is 0.437. The molecule has 0 saturated carbocycles. The molecule has 0 unspecified atom stereocenters. The third kappa shape index (κ3) is 3.30. The number of nitrogens with one attached hydrogen (secondary N) is 2. The highest BCUT2D eigenvalue weighted by atomic mass is 32.1. The van der Waals surface area contributed by atoms with E-state index in [-0.39, 0.29) is 11.9 Å². The number of aromatic nitrogens is 3.